The number of hydrogen-bond acceptors (Lipinski definition) is 7. The first-order chi connectivity index (χ1) is 15.4. The second-order valence-electron chi connectivity index (χ2n) is 8.57. The summed E-state index contributed by atoms with van der Waals surface area (Å²) >= 11 is 0. The molecule has 176 valence electrons. The maximum absolute atomic E-state index is 13.2. The van der Waals surface area contributed by atoms with Gasteiger partial charge in [0.05, 0.1) is 12.8 Å². The number of piperazine rings is 1. The molecule has 0 spiro atoms. The number of nitrogens with zero attached hydrogens (tertiary/aromatic N) is 6. The van der Waals surface area contributed by atoms with Crippen LogP contribution in [-0.2, 0) is 13.5 Å². The molecule has 2 atom stereocenters. The van der Waals surface area contributed by atoms with E-state index >= 15 is 0 Å². The highest BCUT2D eigenvalue weighted by Crippen LogP contribution is 2.36. The summed E-state index contributed by atoms with van der Waals surface area (Å²) in [5.74, 6) is 1.26. The van der Waals surface area contributed by atoms with Crippen molar-refractivity contribution in [1.29, 1.82) is 0 Å². The summed E-state index contributed by atoms with van der Waals surface area (Å²) in [6.07, 6.45) is 2.57. The van der Waals surface area contributed by atoms with E-state index < -0.39 is 0 Å². The molecule has 2 amide bonds. The van der Waals surface area contributed by atoms with Gasteiger partial charge in [-0.2, -0.15) is 15.0 Å². The van der Waals surface area contributed by atoms with Gasteiger partial charge in [-0.05, 0) is 32.4 Å². The fourth-order valence-corrected chi connectivity index (χ4v) is 4.79. The number of rotatable bonds is 3. The van der Waals surface area contributed by atoms with Crippen molar-refractivity contribution in [1.82, 2.24) is 25.3 Å². The second-order valence-corrected chi connectivity index (χ2v) is 8.57. The summed E-state index contributed by atoms with van der Waals surface area (Å²) in [7, 11) is 3.33. The van der Waals surface area contributed by atoms with E-state index in [-0.39, 0.29) is 18.4 Å². The van der Waals surface area contributed by atoms with Crippen molar-refractivity contribution in [3.8, 4) is 5.75 Å². The summed E-state index contributed by atoms with van der Waals surface area (Å²) in [6.45, 7) is 6.85. The highest BCUT2D eigenvalue weighted by atomic mass is 35.5. The number of aryl methyl sites for hydroxylation is 1. The number of carbonyl (C=O) groups is 1. The van der Waals surface area contributed by atoms with Gasteiger partial charge in [-0.3, -0.25) is 4.90 Å². The van der Waals surface area contributed by atoms with Crippen LogP contribution in [0.15, 0.2) is 24.4 Å². The monoisotopic (exact) mass is 472 g/mol. The number of hydrogen-bond donors (Lipinski definition) is 2. The Bertz CT molecular complexity index is 1170. The number of carbonyl (C=O) groups excluding carboxylic acids is 1. The average molecular weight is 473 g/mol. The minimum absolute atomic E-state index is 0. The Kier molecular flexibility index (Phi) is 6.31. The predicted molar refractivity (Wildman–Crippen MR) is 131 cm³/mol. The van der Waals surface area contributed by atoms with Gasteiger partial charge >= 0.3 is 6.03 Å². The lowest BCUT2D eigenvalue weighted by Gasteiger charge is -2.38. The van der Waals surface area contributed by atoms with Crippen LogP contribution in [0.1, 0.15) is 19.4 Å². The smallest absolute Gasteiger partial charge is 0.327 e. The van der Waals surface area contributed by atoms with Crippen molar-refractivity contribution in [2.24, 2.45) is 7.05 Å². The van der Waals surface area contributed by atoms with Gasteiger partial charge in [0.2, 0.25) is 0 Å². The van der Waals surface area contributed by atoms with Gasteiger partial charge in [0.15, 0.2) is 0 Å². The summed E-state index contributed by atoms with van der Waals surface area (Å²) in [5.41, 5.74) is 4.25. The Morgan fingerprint density at radius 3 is 2.58 bits per heavy atom. The second kappa shape index (κ2) is 9.03. The van der Waals surface area contributed by atoms with E-state index in [1.165, 1.54) is 10.5 Å². The number of pyridine rings is 1. The van der Waals surface area contributed by atoms with E-state index in [0.29, 0.717) is 41.1 Å². The molecule has 0 aliphatic carbocycles. The lowest BCUT2D eigenvalue weighted by molar-refractivity contribution is 0.257. The van der Waals surface area contributed by atoms with Crippen molar-refractivity contribution in [3.63, 3.8) is 0 Å². The molecule has 1 saturated heterocycles. The van der Waals surface area contributed by atoms with E-state index in [1.807, 2.05) is 0 Å². The van der Waals surface area contributed by atoms with Crippen LogP contribution in [0.2, 0.25) is 0 Å². The molecule has 2 aliphatic rings. The van der Waals surface area contributed by atoms with E-state index in [9.17, 15) is 4.79 Å². The van der Waals surface area contributed by atoms with Crippen LogP contribution in [0.3, 0.4) is 0 Å². The molecule has 10 nitrogen and oxygen atoms in total. The summed E-state index contributed by atoms with van der Waals surface area (Å²) < 4.78 is 5.48. The Morgan fingerprint density at radius 2 is 1.88 bits per heavy atom. The molecule has 0 saturated carbocycles. The number of methoxy groups -OCH3 is 1. The van der Waals surface area contributed by atoms with Gasteiger partial charge in [0.1, 0.15) is 22.6 Å². The minimum atomic E-state index is -0.239. The number of nitrogens with one attached hydrogen (secondary N) is 2. The molecule has 5 rings (SSSR count). The van der Waals surface area contributed by atoms with Gasteiger partial charge in [0, 0.05) is 62.3 Å². The first kappa shape index (κ1) is 23.1. The van der Waals surface area contributed by atoms with Crippen LogP contribution in [0.25, 0.3) is 11.0 Å². The van der Waals surface area contributed by atoms with Crippen LogP contribution >= 0.6 is 12.4 Å². The molecule has 0 radical (unpaired) electrons. The summed E-state index contributed by atoms with van der Waals surface area (Å²) in [4.78, 5) is 23.4. The highest BCUT2D eigenvalue weighted by Gasteiger charge is 2.31. The molecule has 2 N–H and O–H groups in total. The molecule has 0 bridgehead atoms. The fraction of sp³-hybridized carbons (Fsp3) is 0.455. The third-order valence-electron chi connectivity index (χ3n) is 6.04. The van der Waals surface area contributed by atoms with E-state index in [2.05, 4.69) is 50.6 Å². The van der Waals surface area contributed by atoms with Gasteiger partial charge < -0.3 is 20.3 Å². The number of fused-ring (bicyclic) bond motifs is 2. The first-order valence-electron chi connectivity index (χ1n) is 10.9. The zero-order valence-corrected chi connectivity index (χ0v) is 20.0. The molecular formula is C22H29ClN8O2. The van der Waals surface area contributed by atoms with Crippen LogP contribution in [0.4, 0.5) is 22.0 Å². The number of urea groups is 1. The molecule has 4 heterocycles. The summed E-state index contributed by atoms with van der Waals surface area (Å²) in [6, 6.07) is 6.20. The largest absolute Gasteiger partial charge is 0.494 e. The fourth-order valence-electron chi connectivity index (χ4n) is 4.79. The van der Waals surface area contributed by atoms with Crippen molar-refractivity contribution in [2.45, 2.75) is 32.4 Å². The quantitative estimate of drug-likeness (QED) is 0.604. The Labute approximate surface area is 198 Å². The highest BCUT2D eigenvalue weighted by molar-refractivity contribution is 6.04. The number of anilines is 3. The van der Waals surface area contributed by atoms with Gasteiger partial charge in [0.25, 0.3) is 0 Å². The van der Waals surface area contributed by atoms with E-state index in [4.69, 9.17) is 4.74 Å². The van der Waals surface area contributed by atoms with E-state index in [1.54, 1.807) is 37.4 Å². The molecule has 2 aliphatic heterocycles. The number of amides is 2. The standard InChI is InChI=1S/C22H28N8O2.ClH/c1-13-11-29(12-14(2)24-13)19-5-7-23-21-15(19)6-8-30(21)22(31)25-18-9-16-17(10-20(18)32-4)27-28(3)26-16;/h5,7,9-10,13-14,24H,6,8,11-12H2,1-4H3,(H,25,31);1H/t13-,14+;. The van der Waals surface area contributed by atoms with Gasteiger partial charge in [-0.15, -0.1) is 12.4 Å². The topological polar surface area (TPSA) is 100 Å². The molecule has 33 heavy (non-hydrogen) atoms. The van der Waals surface area contributed by atoms with Gasteiger partial charge in [-0.1, -0.05) is 0 Å². The number of halogens is 1. The lowest BCUT2D eigenvalue weighted by atomic mass is 10.1. The number of aromatic nitrogens is 4. The molecule has 11 heteroatoms. The minimum Gasteiger partial charge on any atom is -0.494 e. The molecule has 1 fully saturated rings. The van der Waals surface area contributed by atoms with E-state index in [0.717, 1.165) is 30.9 Å². The van der Waals surface area contributed by atoms with Crippen LogP contribution in [0.5, 0.6) is 5.75 Å². The Hall–Kier alpha value is -3.11. The third kappa shape index (κ3) is 4.28. The lowest BCUT2D eigenvalue weighted by Crippen LogP contribution is -2.54. The van der Waals surface area contributed by atoms with Crippen LogP contribution < -0.4 is 25.2 Å². The van der Waals surface area contributed by atoms with Crippen molar-refractivity contribution in [2.75, 3.05) is 41.9 Å². The SMILES string of the molecule is COc1cc2nn(C)nc2cc1NC(=O)N1CCc2c(N3C[C@@H](C)N[C@@H](C)C3)ccnc21.Cl. The molecule has 3 aromatic rings. The Balaban J connectivity index is 0.00000259. The predicted octanol–water partition coefficient (Wildman–Crippen LogP) is 2.57. The van der Waals surface area contributed by atoms with Gasteiger partial charge in [-0.25, -0.2) is 9.78 Å². The van der Waals surface area contributed by atoms with Crippen molar-refractivity contribution >= 4 is 46.7 Å². The summed E-state index contributed by atoms with van der Waals surface area (Å²) in [5, 5.41) is 15.2. The molecule has 2 aromatic heterocycles. The number of benzene rings is 1. The Morgan fingerprint density at radius 1 is 1.18 bits per heavy atom. The van der Waals surface area contributed by atoms with Crippen LogP contribution in [0, 0.1) is 0 Å². The number of ether oxygens (including phenoxy) is 1. The zero-order valence-electron chi connectivity index (χ0n) is 19.2. The van der Waals surface area contributed by atoms with Crippen LogP contribution in [-0.4, -0.2) is 64.8 Å². The average Bonchev–Trinajstić information content (AvgIpc) is 3.34. The molecule has 1 aromatic carbocycles. The van der Waals surface area contributed by atoms with Crippen molar-refractivity contribution in [3.05, 3.63) is 30.0 Å². The molecule has 0 unspecified atom stereocenters. The third-order valence-corrected chi connectivity index (χ3v) is 6.04. The first-order valence-corrected chi connectivity index (χ1v) is 10.9. The maximum Gasteiger partial charge on any atom is 0.327 e. The normalized spacial score (nSPS) is 19.9. The van der Waals surface area contributed by atoms with Crippen molar-refractivity contribution < 1.29 is 9.53 Å². The molecular weight excluding hydrogens is 444 g/mol. The zero-order chi connectivity index (χ0) is 22.4. The maximum atomic E-state index is 13.2.